The second-order valence-corrected chi connectivity index (χ2v) is 6.93. The van der Waals surface area contributed by atoms with Crippen LogP contribution in [-0.4, -0.2) is 39.0 Å². The van der Waals surface area contributed by atoms with E-state index in [4.69, 9.17) is 4.74 Å². The zero-order valence-corrected chi connectivity index (χ0v) is 14.3. The van der Waals surface area contributed by atoms with E-state index in [9.17, 15) is 25.1 Å². The maximum absolute atomic E-state index is 11.9. The minimum Gasteiger partial charge on any atom is -0.502 e. The predicted octanol–water partition coefficient (Wildman–Crippen LogP) is 2.51. The Morgan fingerprint density at radius 3 is 2.46 bits per heavy atom. The first-order valence-electron chi connectivity index (χ1n) is 7.54. The molecule has 0 aliphatic carbocycles. The Labute approximate surface area is 140 Å². The summed E-state index contributed by atoms with van der Waals surface area (Å²) in [5.74, 6) is -0.402. The van der Waals surface area contributed by atoms with Crippen LogP contribution in [-0.2, 0) is 11.2 Å². The van der Waals surface area contributed by atoms with E-state index < -0.39 is 27.9 Å². The van der Waals surface area contributed by atoms with Gasteiger partial charge in [-0.1, -0.05) is 6.07 Å². The molecule has 0 heterocycles. The van der Waals surface area contributed by atoms with E-state index in [0.717, 1.165) is 0 Å². The Morgan fingerprint density at radius 2 is 1.96 bits per heavy atom. The van der Waals surface area contributed by atoms with Gasteiger partial charge in [-0.05, 0) is 52.2 Å². The molecule has 0 saturated heterocycles. The molecule has 0 saturated carbocycles. The maximum atomic E-state index is 11.9. The van der Waals surface area contributed by atoms with Crippen LogP contribution in [0.15, 0.2) is 18.2 Å². The molecule has 1 aromatic carbocycles. The van der Waals surface area contributed by atoms with Crippen molar-refractivity contribution >= 4 is 11.8 Å². The fourth-order valence-electron chi connectivity index (χ4n) is 2.02. The Bertz CT molecular complexity index is 611. The van der Waals surface area contributed by atoms with Gasteiger partial charge in [-0.2, -0.15) is 0 Å². The number of phenols is 1. The molecule has 8 heteroatoms. The highest BCUT2D eigenvalue weighted by atomic mass is 16.6. The first-order chi connectivity index (χ1) is 11.0. The van der Waals surface area contributed by atoms with Gasteiger partial charge in [0.05, 0.1) is 17.1 Å². The van der Waals surface area contributed by atoms with Crippen molar-refractivity contribution in [2.75, 3.05) is 6.61 Å². The number of carbonyl (C=O) groups excluding carboxylic acids is 1. The average molecular weight is 340 g/mol. The van der Waals surface area contributed by atoms with Crippen molar-refractivity contribution in [2.24, 2.45) is 0 Å². The number of nitrogens with one attached hydrogen (secondary N) is 1. The van der Waals surface area contributed by atoms with Crippen LogP contribution in [0.3, 0.4) is 0 Å². The summed E-state index contributed by atoms with van der Waals surface area (Å²) in [6, 6.07) is 4.10. The number of benzene rings is 1. The molecule has 134 valence electrons. The molecule has 0 radical (unpaired) electrons. The second kappa shape index (κ2) is 7.48. The lowest BCUT2D eigenvalue weighted by Crippen LogP contribution is -2.50. The first kappa shape index (κ1) is 19.7. The van der Waals surface area contributed by atoms with E-state index in [-0.39, 0.29) is 12.3 Å². The van der Waals surface area contributed by atoms with Gasteiger partial charge in [0.25, 0.3) is 0 Å². The molecule has 0 aliphatic heterocycles. The van der Waals surface area contributed by atoms with Crippen LogP contribution in [0.2, 0.25) is 0 Å². The third-order valence-electron chi connectivity index (χ3n) is 3.35. The monoisotopic (exact) mass is 340 g/mol. The molecule has 1 amide bonds. The fourth-order valence-corrected chi connectivity index (χ4v) is 2.02. The van der Waals surface area contributed by atoms with Crippen LogP contribution >= 0.6 is 0 Å². The van der Waals surface area contributed by atoms with Crippen molar-refractivity contribution in [1.29, 1.82) is 0 Å². The molecule has 1 atom stereocenters. The molecule has 1 aromatic rings. The van der Waals surface area contributed by atoms with E-state index in [2.05, 4.69) is 5.32 Å². The topological polar surface area (TPSA) is 122 Å². The summed E-state index contributed by atoms with van der Waals surface area (Å²) in [5.41, 5.74) is -1.35. The van der Waals surface area contributed by atoms with Crippen LogP contribution in [0.25, 0.3) is 0 Å². The van der Waals surface area contributed by atoms with Gasteiger partial charge in [-0.3, -0.25) is 10.1 Å². The van der Waals surface area contributed by atoms with Crippen molar-refractivity contribution in [1.82, 2.24) is 5.32 Å². The highest BCUT2D eigenvalue weighted by molar-refractivity contribution is 5.68. The predicted molar refractivity (Wildman–Crippen MR) is 87.9 cm³/mol. The smallest absolute Gasteiger partial charge is 0.408 e. The lowest BCUT2D eigenvalue weighted by Gasteiger charge is -2.30. The number of aromatic hydroxyl groups is 1. The van der Waals surface area contributed by atoms with Crippen LogP contribution < -0.4 is 5.32 Å². The number of ether oxygens (including phenoxy) is 1. The summed E-state index contributed by atoms with van der Waals surface area (Å²) in [7, 11) is 0. The molecule has 1 rings (SSSR count). The van der Waals surface area contributed by atoms with E-state index in [1.54, 1.807) is 33.8 Å². The SMILES string of the molecule is CC(C)(C)OC(=O)N[C@@](C)(CO)CCc1ccc(O)c([N+](=O)[O-])c1. The summed E-state index contributed by atoms with van der Waals surface area (Å²) >= 11 is 0. The normalized spacial score (nSPS) is 13.9. The minimum absolute atomic E-state index is 0.313. The number of nitro benzene ring substituents is 1. The first-order valence-corrected chi connectivity index (χ1v) is 7.54. The van der Waals surface area contributed by atoms with Gasteiger partial charge in [0.15, 0.2) is 5.75 Å². The number of aliphatic hydroxyl groups excluding tert-OH is 1. The van der Waals surface area contributed by atoms with E-state index >= 15 is 0 Å². The van der Waals surface area contributed by atoms with Crippen LogP contribution in [0.5, 0.6) is 5.75 Å². The quantitative estimate of drug-likeness (QED) is 0.540. The van der Waals surface area contributed by atoms with Gasteiger partial charge in [-0.25, -0.2) is 4.79 Å². The van der Waals surface area contributed by atoms with Crippen molar-refractivity contribution in [3.05, 3.63) is 33.9 Å². The molecule has 0 fully saturated rings. The number of hydrogen-bond acceptors (Lipinski definition) is 6. The van der Waals surface area contributed by atoms with Crippen LogP contribution in [0, 0.1) is 10.1 Å². The lowest BCUT2D eigenvalue weighted by molar-refractivity contribution is -0.385. The Hall–Kier alpha value is -2.35. The highest BCUT2D eigenvalue weighted by Gasteiger charge is 2.28. The van der Waals surface area contributed by atoms with Crippen molar-refractivity contribution in [3.63, 3.8) is 0 Å². The molecule has 3 N–H and O–H groups in total. The largest absolute Gasteiger partial charge is 0.502 e. The van der Waals surface area contributed by atoms with Gasteiger partial charge in [0.1, 0.15) is 5.60 Å². The molecule has 0 bridgehead atoms. The summed E-state index contributed by atoms with van der Waals surface area (Å²) in [6.45, 7) is 6.55. The molecule has 0 aliphatic rings. The van der Waals surface area contributed by atoms with Crippen molar-refractivity contribution in [2.45, 2.75) is 51.7 Å². The molecule has 8 nitrogen and oxygen atoms in total. The minimum atomic E-state index is -0.936. The molecule has 0 aromatic heterocycles. The third-order valence-corrected chi connectivity index (χ3v) is 3.35. The van der Waals surface area contributed by atoms with Gasteiger partial charge in [-0.15, -0.1) is 0 Å². The fraction of sp³-hybridized carbons (Fsp3) is 0.562. The zero-order valence-electron chi connectivity index (χ0n) is 14.3. The number of nitro groups is 1. The Kier molecular flexibility index (Phi) is 6.14. The third kappa shape index (κ3) is 6.04. The Morgan fingerprint density at radius 1 is 1.33 bits per heavy atom. The van der Waals surface area contributed by atoms with Crippen molar-refractivity contribution < 1.29 is 24.7 Å². The molecule has 24 heavy (non-hydrogen) atoms. The summed E-state index contributed by atoms with van der Waals surface area (Å²) < 4.78 is 5.17. The lowest BCUT2D eigenvalue weighted by atomic mass is 9.94. The number of aryl methyl sites for hydroxylation is 1. The van der Waals surface area contributed by atoms with Gasteiger partial charge in [0.2, 0.25) is 0 Å². The number of carbonyl (C=O) groups is 1. The van der Waals surface area contributed by atoms with Crippen LogP contribution in [0.1, 0.15) is 39.7 Å². The molecule has 0 spiro atoms. The van der Waals surface area contributed by atoms with Gasteiger partial charge in [0, 0.05) is 6.07 Å². The number of amides is 1. The summed E-state index contributed by atoms with van der Waals surface area (Å²) in [6.07, 6.45) is 0.0642. The van der Waals surface area contributed by atoms with Crippen molar-refractivity contribution in [3.8, 4) is 5.75 Å². The number of nitrogens with zero attached hydrogens (tertiary/aromatic N) is 1. The molecule has 0 unspecified atom stereocenters. The highest BCUT2D eigenvalue weighted by Crippen LogP contribution is 2.27. The van der Waals surface area contributed by atoms with Crippen LogP contribution in [0.4, 0.5) is 10.5 Å². The zero-order chi connectivity index (χ0) is 18.5. The van der Waals surface area contributed by atoms with E-state index in [1.165, 1.54) is 12.1 Å². The Balaban J connectivity index is 2.76. The standard InChI is InChI=1S/C16H24N2O6/c1-15(2,3)24-14(21)17-16(4,10-19)8-7-11-5-6-13(20)12(9-11)18(22)23/h5-6,9,19-20H,7-8,10H2,1-4H3,(H,17,21)/t16-/m1/s1. The maximum Gasteiger partial charge on any atom is 0.408 e. The number of hydrogen-bond donors (Lipinski definition) is 3. The van der Waals surface area contributed by atoms with E-state index in [1.807, 2.05) is 0 Å². The van der Waals surface area contributed by atoms with E-state index in [0.29, 0.717) is 18.4 Å². The number of phenolic OH excluding ortho intramolecular Hbond substituents is 1. The average Bonchev–Trinajstić information content (AvgIpc) is 2.44. The number of aliphatic hydroxyl groups is 1. The summed E-state index contributed by atoms with van der Waals surface area (Å²) in [5, 5.41) is 32.5. The summed E-state index contributed by atoms with van der Waals surface area (Å²) in [4.78, 5) is 22.0. The second-order valence-electron chi connectivity index (χ2n) is 6.93. The molecular formula is C16H24N2O6. The number of alkyl carbamates (subject to hydrolysis) is 1. The number of rotatable bonds is 6. The van der Waals surface area contributed by atoms with Gasteiger partial charge >= 0.3 is 11.8 Å². The molecular weight excluding hydrogens is 316 g/mol. The van der Waals surface area contributed by atoms with Gasteiger partial charge < -0.3 is 20.3 Å².